The maximum atomic E-state index is 11.8. The second kappa shape index (κ2) is 11.2. The summed E-state index contributed by atoms with van der Waals surface area (Å²) in [6.07, 6.45) is 3.58. The van der Waals surface area contributed by atoms with Crippen LogP contribution >= 0.6 is 0 Å². The fourth-order valence-electron chi connectivity index (χ4n) is 2.99. The van der Waals surface area contributed by atoms with Crippen molar-refractivity contribution in [2.45, 2.75) is 58.6 Å². The molecule has 0 fully saturated rings. The fourth-order valence-corrected chi connectivity index (χ4v) is 2.99. The number of aromatic nitrogens is 1. The van der Waals surface area contributed by atoms with E-state index in [0.717, 1.165) is 35.2 Å². The first kappa shape index (κ1) is 22.5. The van der Waals surface area contributed by atoms with E-state index >= 15 is 0 Å². The summed E-state index contributed by atoms with van der Waals surface area (Å²) in [6, 6.07) is 8.02. The molecule has 7 heteroatoms. The van der Waals surface area contributed by atoms with E-state index in [2.05, 4.69) is 22.5 Å². The van der Waals surface area contributed by atoms with Crippen LogP contribution < -0.4 is 15.4 Å². The Balaban J connectivity index is 1.75. The topological polar surface area (TPSA) is 89.6 Å². The molecule has 1 amide bonds. The van der Waals surface area contributed by atoms with Crippen molar-refractivity contribution in [3.63, 3.8) is 0 Å². The molecule has 0 spiro atoms. The Bertz CT molecular complexity index is 823. The fraction of sp³-hybridized carbons (Fsp3) is 0.500. The van der Waals surface area contributed by atoms with Gasteiger partial charge >= 0.3 is 5.97 Å². The number of anilines is 1. The van der Waals surface area contributed by atoms with Gasteiger partial charge in [-0.15, -0.1) is 0 Å². The smallest absolute Gasteiger partial charge is 0.306 e. The molecule has 2 rings (SSSR count). The largest absolute Gasteiger partial charge is 0.497 e. The molecule has 158 valence electrons. The van der Waals surface area contributed by atoms with E-state index < -0.39 is 0 Å². The van der Waals surface area contributed by atoms with Crippen molar-refractivity contribution in [3.8, 4) is 5.75 Å². The Kier molecular flexibility index (Phi) is 8.70. The van der Waals surface area contributed by atoms with Crippen molar-refractivity contribution in [1.29, 1.82) is 0 Å². The molecule has 0 bridgehead atoms. The maximum absolute atomic E-state index is 11.8. The van der Waals surface area contributed by atoms with Crippen molar-refractivity contribution in [3.05, 3.63) is 30.5 Å². The number of rotatable bonds is 11. The Labute approximate surface area is 172 Å². The summed E-state index contributed by atoms with van der Waals surface area (Å²) in [6.45, 7) is 6.24. The number of carbonyl (C=O) groups is 2. The molecule has 2 N–H and O–H groups in total. The predicted molar refractivity (Wildman–Crippen MR) is 114 cm³/mol. The molecule has 0 aliphatic carbocycles. The normalized spacial score (nSPS) is 11.9. The van der Waals surface area contributed by atoms with Crippen LogP contribution in [0.1, 0.15) is 46.5 Å². The van der Waals surface area contributed by atoms with Crippen molar-refractivity contribution in [2.75, 3.05) is 19.0 Å². The Morgan fingerprint density at radius 2 is 1.97 bits per heavy atom. The summed E-state index contributed by atoms with van der Waals surface area (Å²) < 4.78 is 10.4. The van der Waals surface area contributed by atoms with Crippen LogP contribution in [0.2, 0.25) is 0 Å². The standard InChI is InChI=1S/C22H31N3O4/c1-15(2)29-21(27)10-9-20(26)23-11-5-7-16(3)25-19-14-18(28-4)13-17-8-6-12-24-22(17)19/h6,8,12-16,25H,5,7,9-11H2,1-4H3,(H,23,26). The highest BCUT2D eigenvalue weighted by molar-refractivity contribution is 5.91. The number of pyridine rings is 1. The average molecular weight is 402 g/mol. The van der Waals surface area contributed by atoms with Crippen LogP contribution in [0.15, 0.2) is 30.5 Å². The number of nitrogens with one attached hydrogen (secondary N) is 2. The van der Waals surface area contributed by atoms with Gasteiger partial charge in [-0.05, 0) is 45.7 Å². The van der Waals surface area contributed by atoms with Gasteiger partial charge in [0.2, 0.25) is 5.91 Å². The first-order valence-corrected chi connectivity index (χ1v) is 10.0. The summed E-state index contributed by atoms with van der Waals surface area (Å²) in [7, 11) is 1.65. The second-order valence-corrected chi connectivity index (χ2v) is 7.33. The number of hydrogen-bond donors (Lipinski definition) is 2. The SMILES string of the molecule is COc1cc(NC(C)CCCNC(=O)CCC(=O)OC(C)C)c2ncccc2c1. The summed E-state index contributed by atoms with van der Waals surface area (Å²) in [5.74, 6) is 0.310. The third-order valence-electron chi connectivity index (χ3n) is 4.38. The molecule has 0 saturated carbocycles. The molecule has 0 saturated heterocycles. The van der Waals surface area contributed by atoms with Crippen molar-refractivity contribution in [2.24, 2.45) is 0 Å². The minimum atomic E-state index is -0.341. The van der Waals surface area contributed by atoms with Gasteiger partial charge in [0, 0.05) is 36.7 Å². The number of hydrogen-bond acceptors (Lipinski definition) is 6. The molecule has 0 aliphatic heterocycles. The molecule has 29 heavy (non-hydrogen) atoms. The van der Waals surface area contributed by atoms with Gasteiger partial charge < -0.3 is 20.1 Å². The lowest BCUT2D eigenvalue weighted by Gasteiger charge is -2.17. The minimum Gasteiger partial charge on any atom is -0.497 e. The average Bonchev–Trinajstić information content (AvgIpc) is 2.69. The van der Waals surface area contributed by atoms with Gasteiger partial charge in [-0.25, -0.2) is 0 Å². The summed E-state index contributed by atoms with van der Waals surface area (Å²) in [5.41, 5.74) is 1.84. The number of nitrogens with zero attached hydrogens (tertiary/aromatic N) is 1. The number of methoxy groups -OCH3 is 1. The summed E-state index contributed by atoms with van der Waals surface area (Å²) in [5, 5.41) is 7.36. The van der Waals surface area contributed by atoms with Gasteiger partial charge in [0.15, 0.2) is 0 Å². The van der Waals surface area contributed by atoms with Crippen molar-refractivity contribution < 1.29 is 19.1 Å². The lowest BCUT2D eigenvalue weighted by molar-refractivity contribution is -0.148. The van der Waals surface area contributed by atoms with E-state index in [0.29, 0.717) is 6.54 Å². The lowest BCUT2D eigenvalue weighted by atomic mass is 10.1. The molecule has 1 unspecified atom stereocenters. The minimum absolute atomic E-state index is 0.109. The van der Waals surface area contributed by atoms with Crippen LogP contribution in [0.3, 0.4) is 0 Å². The zero-order valence-electron chi connectivity index (χ0n) is 17.7. The van der Waals surface area contributed by atoms with E-state index in [1.807, 2.05) is 24.3 Å². The van der Waals surface area contributed by atoms with Gasteiger partial charge in [-0.2, -0.15) is 0 Å². The molecule has 0 aliphatic rings. The van der Waals surface area contributed by atoms with Crippen LogP contribution in [-0.4, -0.2) is 42.7 Å². The van der Waals surface area contributed by atoms with E-state index in [1.165, 1.54) is 0 Å². The molecule has 1 aromatic carbocycles. The number of fused-ring (bicyclic) bond motifs is 1. The quantitative estimate of drug-likeness (QED) is 0.441. The molecular formula is C22H31N3O4. The third-order valence-corrected chi connectivity index (χ3v) is 4.38. The lowest BCUT2D eigenvalue weighted by Crippen LogP contribution is -2.26. The number of amides is 1. The molecule has 1 aromatic heterocycles. The van der Waals surface area contributed by atoms with E-state index in [9.17, 15) is 9.59 Å². The monoisotopic (exact) mass is 401 g/mol. The molecule has 1 heterocycles. The molecule has 2 aromatic rings. The molecule has 0 radical (unpaired) electrons. The van der Waals surface area contributed by atoms with Crippen LogP contribution in [0.5, 0.6) is 5.75 Å². The zero-order chi connectivity index (χ0) is 21.2. The van der Waals surface area contributed by atoms with Crippen LogP contribution in [0.4, 0.5) is 5.69 Å². The van der Waals surface area contributed by atoms with E-state index in [4.69, 9.17) is 9.47 Å². The first-order valence-electron chi connectivity index (χ1n) is 10.0. The van der Waals surface area contributed by atoms with Gasteiger partial charge in [-0.1, -0.05) is 6.07 Å². The van der Waals surface area contributed by atoms with Crippen molar-refractivity contribution in [1.82, 2.24) is 10.3 Å². The Hall–Kier alpha value is -2.83. The summed E-state index contributed by atoms with van der Waals surface area (Å²) >= 11 is 0. The van der Waals surface area contributed by atoms with Crippen LogP contribution in [0.25, 0.3) is 10.9 Å². The van der Waals surface area contributed by atoms with Gasteiger partial charge in [-0.3, -0.25) is 14.6 Å². The highest BCUT2D eigenvalue weighted by Gasteiger charge is 2.11. The zero-order valence-corrected chi connectivity index (χ0v) is 17.7. The predicted octanol–water partition coefficient (Wildman–Crippen LogP) is 3.67. The molecular weight excluding hydrogens is 370 g/mol. The second-order valence-electron chi connectivity index (χ2n) is 7.33. The van der Waals surface area contributed by atoms with E-state index in [-0.39, 0.29) is 36.9 Å². The summed E-state index contributed by atoms with van der Waals surface area (Å²) in [4.78, 5) is 27.8. The van der Waals surface area contributed by atoms with Crippen LogP contribution in [-0.2, 0) is 14.3 Å². The number of ether oxygens (including phenoxy) is 2. The van der Waals surface area contributed by atoms with Gasteiger partial charge in [0.05, 0.1) is 30.8 Å². The number of carbonyl (C=O) groups excluding carboxylic acids is 2. The Morgan fingerprint density at radius 1 is 1.17 bits per heavy atom. The molecule has 1 atom stereocenters. The highest BCUT2D eigenvalue weighted by atomic mass is 16.5. The van der Waals surface area contributed by atoms with E-state index in [1.54, 1.807) is 27.2 Å². The number of benzene rings is 1. The number of esters is 1. The molecule has 7 nitrogen and oxygen atoms in total. The maximum Gasteiger partial charge on any atom is 0.306 e. The highest BCUT2D eigenvalue weighted by Crippen LogP contribution is 2.28. The van der Waals surface area contributed by atoms with Crippen molar-refractivity contribution >= 4 is 28.5 Å². The Morgan fingerprint density at radius 3 is 2.69 bits per heavy atom. The first-order chi connectivity index (χ1) is 13.9. The van der Waals surface area contributed by atoms with Gasteiger partial charge in [0.25, 0.3) is 0 Å². The van der Waals surface area contributed by atoms with Crippen LogP contribution in [0, 0.1) is 0 Å². The third kappa shape index (κ3) is 7.60. The van der Waals surface area contributed by atoms with Gasteiger partial charge in [0.1, 0.15) is 5.75 Å².